The van der Waals surface area contributed by atoms with Crippen molar-refractivity contribution >= 4 is 22.6 Å². The lowest BCUT2D eigenvalue weighted by Gasteiger charge is -2.13. The lowest BCUT2D eigenvalue weighted by molar-refractivity contribution is 0.0939. The average molecular weight is 512 g/mol. The van der Waals surface area contributed by atoms with Gasteiger partial charge >= 0.3 is 5.69 Å². The minimum Gasteiger partial charge on any atom is -0.497 e. The van der Waals surface area contributed by atoms with E-state index < -0.39 is 5.69 Å². The van der Waals surface area contributed by atoms with E-state index in [9.17, 15) is 14.4 Å². The van der Waals surface area contributed by atoms with Gasteiger partial charge in [0.25, 0.3) is 11.5 Å². The minimum atomic E-state index is -0.408. The number of hydrogen-bond acceptors (Lipinski definition) is 5. The van der Waals surface area contributed by atoms with E-state index in [4.69, 9.17) is 4.74 Å². The fourth-order valence-electron chi connectivity index (χ4n) is 4.42. The maximum Gasteiger partial charge on any atom is 0.352 e. The van der Waals surface area contributed by atoms with Crippen molar-refractivity contribution in [2.24, 2.45) is 0 Å². The summed E-state index contributed by atoms with van der Waals surface area (Å²) in [6.07, 6.45) is 0.782. The zero-order valence-electron chi connectivity index (χ0n) is 21.5. The summed E-state index contributed by atoms with van der Waals surface area (Å²) < 4.78 is 9.56. The zero-order chi connectivity index (χ0) is 26.8. The number of nitrogens with zero attached hydrogens (tertiary/aromatic N) is 4. The van der Waals surface area contributed by atoms with Gasteiger partial charge in [0, 0.05) is 11.6 Å². The van der Waals surface area contributed by atoms with Crippen LogP contribution in [0.4, 0.5) is 0 Å². The molecule has 194 valence electrons. The van der Waals surface area contributed by atoms with Crippen LogP contribution < -0.4 is 21.3 Å². The van der Waals surface area contributed by atoms with Gasteiger partial charge < -0.3 is 10.1 Å². The van der Waals surface area contributed by atoms with E-state index in [1.54, 1.807) is 25.3 Å². The van der Waals surface area contributed by atoms with Crippen LogP contribution in [0.5, 0.6) is 5.75 Å². The lowest BCUT2D eigenvalue weighted by Crippen LogP contribution is -2.32. The van der Waals surface area contributed by atoms with Crippen molar-refractivity contribution in [3.05, 3.63) is 110 Å². The van der Waals surface area contributed by atoms with Crippen molar-refractivity contribution in [1.29, 1.82) is 0 Å². The second-order valence-corrected chi connectivity index (χ2v) is 9.32. The number of amides is 1. The van der Waals surface area contributed by atoms with Crippen LogP contribution in [0.25, 0.3) is 16.7 Å². The highest BCUT2D eigenvalue weighted by atomic mass is 16.5. The number of carbonyl (C=O) groups is 1. The molecular formula is C29H29N5O4. The van der Waals surface area contributed by atoms with Crippen molar-refractivity contribution in [2.75, 3.05) is 7.11 Å². The molecule has 0 aliphatic heterocycles. The van der Waals surface area contributed by atoms with Gasteiger partial charge in [-0.3, -0.25) is 14.2 Å². The third kappa shape index (κ3) is 4.70. The lowest BCUT2D eigenvalue weighted by atomic mass is 10.1. The van der Waals surface area contributed by atoms with E-state index in [1.165, 1.54) is 13.6 Å². The first-order valence-electron chi connectivity index (χ1n) is 12.5. The van der Waals surface area contributed by atoms with Crippen LogP contribution in [0.15, 0.2) is 82.4 Å². The molecule has 1 atom stereocenters. The number of aromatic nitrogens is 4. The van der Waals surface area contributed by atoms with Gasteiger partial charge in [0.05, 0.1) is 31.1 Å². The number of ether oxygens (including phenoxy) is 1. The third-order valence-electron chi connectivity index (χ3n) is 6.68. The Kier molecular flexibility index (Phi) is 6.83. The highest BCUT2D eigenvalue weighted by molar-refractivity contribution is 5.98. The molecule has 5 aromatic rings. The molecule has 1 amide bonds. The molecule has 2 aromatic heterocycles. The first kappa shape index (κ1) is 25.0. The van der Waals surface area contributed by atoms with Gasteiger partial charge in [-0.25, -0.2) is 13.9 Å². The molecule has 1 N–H and O–H groups in total. The van der Waals surface area contributed by atoms with Gasteiger partial charge in [0.2, 0.25) is 5.78 Å². The van der Waals surface area contributed by atoms with Crippen molar-refractivity contribution in [3.63, 3.8) is 0 Å². The van der Waals surface area contributed by atoms with Gasteiger partial charge in [0.1, 0.15) is 5.75 Å². The number of fused-ring (bicyclic) bond motifs is 3. The number of methoxy groups -OCH3 is 1. The van der Waals surface area contributed by atoms with Crippen molar-refractivity contribution in [3.8, 4) is 5.75 Å². The molecule has 0 bridgehead atoms. The molecule has 0 fully saturated rings. The SMILES string of the molecule is CCC(C)NC(=O)c1ccc2c(=O)n(Cc3ccccc3)c3nn(Cc4cccc(OC)c4)c(=O)n3c2c1. The van der Waals surface area contributed by atoms with Crippen LogP contribution in [0.3, 0.4) is 0 Å². The number of carbonyl (C=O) groups excluding carboxylic acids is 1. The Morgan fingerprint density at radius 3 is 2.47 bits per heavy atom. The molecule has 0 aliphatic rings. The van der Waals surface area contributed by atoms with Crippen LogP contribution in [0, 0.1) is 0 Å². The van der Waals surface area contributed by atoms with E-state index in [-0.39, 0.29) is 36.4 Å². The van der Waals surface area contributed by atoms with Gasteiger partial charge in [-0.2, -0.15) is 0 Å². The Bertz CT molecular complexity index is 1750. The monoisotopic (exact) mass is 511 g/mol. The maximum atomic E-state index is 13.7. The van der Waals surface area contributed by atoms with E-state index in [0.29, 0.717) is 22.2 Å². The van der Waals surface area contributed by atoms with Crippen LogP contribution in [-0.4, -0.2) is 37.8 Å². The smallest absolute Gasteiger partial charge is 0.352 e. The Balaban J connectivity index is 1.72. The fourth-order valence-corrected chi connectivity index (χ4v) is 4.42. The second-order valence-electron chi connectivity index (χ2n) is 9.32. The Morgan fingerprint density at radius 2 is 1.74 bits per heavy atom. The average Bonchev–Trinajstić information content (AvgIpc) is 3.26. The summed E-state index contributed by atoms with van der Waals surface area (Å²) in [5.41, 5.74) is 1.73. The molecule has 1 unspecified atom stereocenters. The van der Waals surface area contributed by atoms with E-state index >= 15 is 0 Å². The highest BCUT2D eigenvalue weighted by Crippen LogP contribution is 2.17. The largest absolute Gasteiger partial charge is 0.497 e. The molecule has 0 saturated carbocycles. The number of benzene rings is 3. The predicted molar refractivity (Wildman–Crippen MR) is 146 cm³/mol. The van der Waals surface area contributed by atoms with Gasteiger partial charge in [-0.1, -0.05) is 49.4 Å². The second kappa shape index (κ2) is 10.4. The molecule has 0 saturated heterocycles. The van der Waals surface area contributed by atoms with Crippen molar-refractivity contribution in [1.82, 2.24) is 24.1 Å². The molecule has 3 aromatic carbocycles. The van der Waals surface area contributed by atoms with Gasteiger partial charge in [-0.05, 0) is 54.8 Å². The number of rotatable bonds is 8. The topological polar surface area (TPSA) is 99.6 Å². The van der Waals surface area contributed by atoms with Gasteiger partial charge in [-0.15, -0.1) is 5.10 Å². The number of hydrogen-bond donors (Lipinski definition) is 1. The Hall–Kier alpha value is -4.66. The zero-order valence-corrected chi connectivity index (χ0v) is 21.5. The first-order chi connectivity index (χ1) is 18.4. The summed E-state index contributed by atoms with van der Waals surface area (Å²) in [5.74, 6) is 0.612. The summed E-state index contributed by atoms with van der Waals surface area (Å²) in [6.45, 7) is 4.34. The quantitative estimate of drug-likeness (QED) is 0.344. The Labute approximate surface area is 218 Å². The van der Waals surface area contributed by atoms with Crippen LogP contribution in [0.2, 0.25) is 0 Å². The summed E-state index contributed by atoms with van der Waals surface area (Å²) >= 11 is 0. The minimum absolute atomic E-state index is 0.00887. The third-order valence-corrected chi connectivity index (χ3v) is 6.68. The molecule has 38 heavy (non-hydrogen) atoms. The summed E-state index contributed by atoms with van der Waals surface area (Å²) in [5, 5.41) is 7.86. The standard InChI is InChI=1S/C29H29N5O4/c1-4-19(2)30-26(35)22-13-14-24-25(16-22)34-28(32(27(24)36)17-20-9-6-5-7-10-20)31-33(29(34)37)18-21-11-8-12-23(15-21)38-3/h5-16,19H,4,17-18H2,1-3H3,(H,30,35). The molecule has 0 spiro atoms. The first-order valence-corrected chi connectivity index (χ1v) is 12.5. The molecule has 0 aliphatic carbocycles. The van der Waals surface area contributed by atoms with E-state index in [0.717, 1.165) is 17.5 Å². The summed E-state index contributed by atoms with van der Waals surface area (Å²) in [6, 6.07) is 21.7. The molecule has 0 radical (unpaired) electrons. The van der Waals surface area contributed by atoms with Crippen molar-refractivity contribution < 1.29 is 9.53 Å². The number of nitrogens with one attached hydrogen (secondary N) is 1. The fraction of sp³-hybridized carbons (Fsp3) is 0.241. The van der Waals surface area contributed by atoms with Crippen LogP contribution in [-0.2, 0) is 13.1 Å². The molecule has 2 heterocycles. The molecule has 9 heteroatoms. The van der Waals surface area contributed by atoms with Crippen molar-refractivity contribution in [2.45, 2.75) is 39.4 Å². The molecule has 9 nitrogen and oxygen atoms in total. The Morgan fingerprint density at radius 1 is 0.974 bits per heavy atom. The van der Waals surface area contributed by atoms with Crippen LogP contribution in [0.1, 0.15) is 41.8 Å². The maximum absolute atomic E-state index is 13.7. The summed E-state index contributed by atoms with van der Waals surface area (Å²) in [4.78, 5) is 40.3. The predicted octanol–water partition coefficient (Wildman–Crippen LogP) is 3.44. The van der Waals surface area contributed by atoms with Gasteiger partial charge in [0.15, 0.2) is 0 Å². The highest BCUT2D eigenvalue weighted by Gasteiger charge is 2.20. The summed E-state index contributed by atoms with van der Waals surface area (Å²) in [7, 11) is 1.58. The normalized spacial score (nSPS) is 12.1. The van der Waals surface area contributed by atoms with Crippen LogP contribution >= 0.6 is 0 Å². The molecular weight excluding hydrogens is 482 g/mol. The van der Waals surface area contributed by atoms with E-state index in [1.807, 2.05) is 68.4 Å². The van der Waals surface area contributed by atoms with E-state index in [2.05, 4.69) is 10.4 Å². The molecule has 5 rings (SSSR count).